The Hall–Kier alpha value is -1.14. The zero-order chi connectivity index (χ0) is 11.1. The molecule has 1 atom stereocenters. The fourth-order valence-electron chi connectivity index (χ4n) is 0.718. The Labute approximate surface area is 82.8 Å². The van der Waals surface area contributed by atoms with Crippen LogP contribution >= 0.6 is 0 Å². The first-order valence-electron chi connectivity index (χ1n) is 4.46. The Balaban J connectivity index is 3.70. The second kappa shape index (κ2) is 6.33. The zero-order valence-corrected chi connectivity index (χ0v) is 8.41. The van der Waals surface area contributed by atoms with E-state index in [0.29, 0.717) is 0 Å². The number of hydrazine groups is 1. The number of amides is 1. The molecule has 0 spiro atoms. The zero-order valence-electron chi connectivity index (χ0n) is 8.41. The molecule has 0 aliphatic rings. The first-order chi connectivity index (χ1) is 6.43. The van der Waals surface area contributed by atoms with Gasteiger partial charge in [-0.1, -0.05) is 0 Å². The highest BCUT2D eigenvalue weighted by molar-refractivity contribution is 5.81. The molecule has 0 fully saturated rings. The molecule has 6 heteroatoms. The van der Waals surface area contributed by atoms with Crippen molar-refractivity contribution in [3.8, 4) is 0 Å². The smallest absolute Gasteiger partial charge is 0.303 e. The number of hydrogen-bond donors (Lipinski definition) is 4. The minimum absolute atomic E-state index is 0.101. The van der Waals surface area contributed by atoms with Crippen LogP contribution in [0.15, 0.2) is 0 Å². The van der Waals surface area contributed by atoms with E-state index in [1.807, 2.05) is 13.8 Å². The molecule has 0 radical (unpaired) electrons. The predicted octanol–water partition coefficient (Wildman–Crippen LogP) is -0.792. The summed E-state index contributed by atoms with van der Waals surface area (Å²) in [6.07, 6.45) is 0.0389. The van der Waals surface area contributed by atoms with E-state index in [4.69, 9.17) is 10.8 Å². The number of rotatable bonds is 6. The monoisotopic (exact) mass is 203 g/mol. The lowest BCUT2D eigenvalue weighted by Gasteiger charge is -2.13. The van der Waals surface area contributed by atoms with Crippen LogP contribution in [0.5, 0.6) is 0 Å². The second-order valence-electron chi connectivity index (χ2n) is 3.33. The number of carbonyl (C=O) groups is 2. The van der Waals surface area contributed by atoms with Crippen LogP contribution in [0.4, 0.5) is 0 Å². The number of hydrogen-bond acceptors (Lipinski definition) is 4. The molecule has 1 amide bonds. The molecule has 0 aromatic rings. The summed E-state index contributed by atoms with van der Waals surface area (Å²) in [5.41, 5.74) is 10.5. The molecule has 6 nitrogen and oxygen atoms in total. The third kappa shape index (κ3) is 6.38. The molecule has 14 heavy (non-hydrogen) atoms. The van der Waals surface area contributed by atoms with Gasteiger partial charge in [-0.05, 0) is 20.3 Å². The van der Waals surface area contributed by atoms with Crippen molar-refractivity contribution in [3.63, 3.8) is 0 Å². The lowest BCUT2D eigenvalue weighted by Crippen LogP contribution is -2.49. The number of carboxylic acids is 1. The molecule has 5 N–H and O–H groups in total. The fraction of sp³-hybridized carbons (Fsp3) is 0.750. The summed E-state index contributed by atoms with van der Waals surface area (Å²) in [7, 11) is 0. The summed E-state index contributed by atoms with van der Waals surface area (Å²) in [5, 5.41) is 8.36. The van der Waals surface area contributed by atoms with Crippen LogP contribution in [-0.4, -0.2) is 29.1 Å². The van der Waals surface area contributed by atoms with Crippen molar-refractivity contribution in [2.45, 2.75) is 38.8 Å². The summed E-state index contributed by atoms with van der Waals surface area (Å²) in [4.78, 5) is 21.4. The maximum absolute atomic E-state index is 11.2. The summed E-state index contributed by atoms with van der Waals surface area (Å²) < 4.78 is 0. The molecule has 82 valence electrons. The second-order valence-corrected chi connectivity index (χ2v) is 3.33. The van der Waals surface area contributed by atoms with Gasteiger partial charge in [0.1, 0.15) is 0 Å². The van der Waals surface area contributed by atoms with E-state index in [2.05, 4.69) is 10.9 Å². The molecular formula is C8H17N3O3. The van der Waals surface area contributed by atoms with Crippen molar-refractivity contribution < 1.29 is 14.7 Å². The molecule has 0 heterocycles. The Morgan fingerprint density at radius 2 is 2.00 bits per heavy atom. The summed E-state index contributed by atoms with van der Waals surface area (Å²) >= 11 is 0. The van der Waals surface area contributed by atoms with Gasteiger partial charge in [-0.25, -0.2) is 5.43 Å². The van der Waals surface area contributed by atoms with Gasteiger partial charge in [-0.15, -0.1) is 0 Å². The molecule has 0 rings (SSSR count). The Kier molecular flexibility index (Phi) is 5.82. The van der Waals surface area contributed by atoms with E-state index in [1.165, 1.54) is 0 Å². The molecule has 0 aromatic heterocycles. The summed E-state index contributed by atoms with van der Waals surface area (Å²) in [6.45, 7) is 3.73. The van der Waals surface area contributed by atoms with Crippen molar-refractivity contribution in [1.29, 1.82) is 0 Å². The van der Waals surface area contributed by atoms with Crippen molar-refractivity contribution in [2.24, 2.45) is 5.73 Å². The summed E-state index contributed by atoms with van der Waals surface area (Å²) in [5.74, 6) is -1.34. The molecule has 0 bridgehead atoms. The number of nitrogens with one attached hydrogen (secondary N) is 2. The quantitative estimate of drug-likeness (QED) is 0.423. The van der Waals surface area contributed by atoms with Gasteiger partial charge < -0.3 is 10.8 Å². The van der Waals surface area contributed by atoms with E-state index in [0.717, 1.165) is 0 Å². The largest absolute Gasteiger partial charge is 0.481 e. The van der Waals surface area contributed by atoms with Crippen molar-refractivity contribution >= 4 is 11.9 Å². The van der Waals surface area contributed by atoms with Crippen molar-refractivity contribution in [2.75, 3.05) is 0 Å². The Morgan fingerprint density at radius 3 is 2.43 bits per heavy atom. The summed E-state index contributed by atoms with van der Waals surface area (Å²) in [6, 6.07) is -0.664. The molecular weight excluding hydrogens is 186 g/mol. The first kappa shape index (κ1) is 12.9. The highest BCUT2D eigenvalue weighted by atomic mass is 16.4. The van der Waals surface area contributed by atoms with Crippen LogP contribution in [0.25, 0.3) is 0 Å². The maximum atomic E-state index is 11.2. The van der Waals surface area contributed by atoms with Gasteiger partial charge >= 0.3 is 5.97 Å². The molecule has 0 saturated heterocycles. The van der Waals surface area contributed by atoms with Crippen molar-refractivity contribution in [3.05, 3.63) is 0 Å². The van der Waals surface area contributed by atoms with Gasteiger partial charge in [0.05, 0.1) is 6.04 Å². The van der Waals surface area contributed by atoms with Gasteiger partial charge in [0.25, 0.3) is 5.91 Å². The average molecular weight is 203 g/mol. The SMILES string of the molecule is CC(C)NNC(=O)C(N)CCC(=O)O. The molecule has 0 aliphatic heterocycles. The normalized spacial score (nSPS) is 12.6. The maximum Gasteiger partial charge on any atom is 0.303 e. The standard InChI is InChI=1S/C8H17N3O3/c1-5(2)10-11-8(14)6(9)3-4-7(12)13/h5-6,10H,3-4,9H2,1-2H3,(H,11,14)(H,12,13). The number of aliphatic carboxylic acids is 1. The molecule has 1 unspecified atom stereocenters. The van der Waals surface area contributed by atoms with Crippen LogP contribution in [-0.2, 0) is 9.59 Å². The minimum atomic E-state index is -0.954. The van der Waals surface area contributed by atoms with Crippen LogP contribution in [0, 0.1) is 0 Å². The molecule has 0 aliphatic carbocycles. The minimum Gasteiger partial charge on any atom is -0.481 e. The Bertz CT molecular complexity index is 206. The van der Waals surface area contributed by atoms with E-state index in [9.17, 15) is 9.59 Å². The van der Waals surface area contributed by atoms with Crippen LogP contribution in [0.3, 0.4) is 0 Å². The van der Waals surface area contributed by atoms with E-state index in [-0.39, 0.29) is 24.8 Å². The van der Waals surface area contributed by atoms with Crippen LogP contribution in [0.2, 0.25) is 0 Å². The number of carboxylic acid groups (broad SMARTS) is 1. The van der Waals surface area contributed by atoms with Gasteiger partial charge in [-0.3, -0.25) is 15.0 Å². The Morgan fingerprint density at radius 1 is 1.43 bits per heavy atom. The van der Waals surface area contributed by atoms with Crippen LogP contribution in [0.1, 0.15) is 26.7 Å². The topological polar surface area (TPSA) is 104 Å². The highest BCUT2D eigenvalue weighted by Crippen LogP contribution is 1.93. The third-order valence-electron chi connectivity index (χ3n) is 1.49. The van der Waals surface area contributed by atoms with Gasteiger partial charge in [0.2, 0.25) is 0 Å². The van der Waals surface area contributed by atoms with Crippen molar-refractivity contribution in [1.82, 2.24) is 10.9 Å². The molecule has 0 saturated carbocycles. The average Bonchev–Trinajstić information content (AvgIpc) is 2.09. The third-order valence-corrected chi connectivity index (χ3v) is 1.49. The number of nitrogens with two attached hydrogens (primary N) is 1. The van der Waals surface area contributed by atoms with E-state index >= 15 is 0 Å². The van der Waals surface area contributed by atoms with Gasteiger partial charge in [-0.2, -0.15) is 0 Å². The van der Waals surface area contributed by atoms with E-state index in [1.54, 1.807) is 0 Å². The lowest BCUT2D eigenvalue weighted by molar-refractivity contribution is -0.137. The number of carbonyl (C=O) groups excluding carboxylic acids is 1. The van der Waals surface area contributed by atoms with Gasteiger partial charge in [0.15, 0.2) is 0 Å². The van der Waals surface area contributed by atoms with E-state index < -0.39 is 12.0 Å². The first-order valence-corrected chi connectivity index (χ1v) is 4.46. The highest BCUT2D eigenvalue weighted by Gasteiger charge is 2.14. The predicted molar refractivity (Wildman–Crippen MR) is 51.3 cm³/mol. The lowest BCUT2D eigenvalue weighted by atomic mass is 10.1. The van der Waals surface area contributed by atoms with Crippen LogP contribution < -0.4 is 16.6 Å². The molecule has 0 aromatic carbocycles. The fourth-order valence-corrected chi connectivity index (χ4v) is 0.718. The van der Waals surface area contributed by atoms with Gasteiger partial charge in [0, 0.05) is 12.5 Å².